The lowest BCUT2D eigenvalue weighted by Crippen LogP contribution is -2.06. The number of nitrogens with zero attached hydrogens (tertiary/aromatic N) is 1. The number of oxime groups is 1. The summed E-state index contributed by atoms with van der Waals surface area (Å²) >= 11 is 0. The molecule has 1 heterocycles. The summed E-state index contributed by atoms with van der Waals surface area (Å²) in [6.45, 7) is 1.44. The van der Waals surface area contributed by atoms with Gasteiger partial charge in [0.25, 0.3) is 0 Å². The van der Waals surface area contributed by atoms with E-state index in [1.165, 1.54) is 6.26 Å². The van der Waals surface area contributed by atoms with E-state index in [0.29, 0.717) is 17.9 Å². The molecule has 0 fully saturated rings. The van der Waals surface area contributed by atoms with E-state index in [-0.39, 0.29) is 0 Å². The number of furan rings is 1. The van der Waals surface area contributed by atoms with Crippen molar-refractivity contribution in [1.82, 2.24) is 0 Å². The van der Waals surface area contributed by atoms with E-state index in [0.717, 1.165) is 0 Å². The van der Waals surface area contributed by atoms with Gasteiger partial charge in [-0.1, -0.05) is 12.1 Å². The molecule has 0 saturated heterocycles. The fourth-order valence-corrected chi connectivity index (χ4v) is 0.892. The Balaban J connectivity index is 2.58. The summed E-state index contributed by atoms with van der Waals surface area (Å²) in [5, 5.41) is 12.0. The lowest BCUT2D eigenvalue weighted by atomic mass is 10.2. The fraction of sp³-hybridized carbons (Fsp3) is 0.333. The molecule has 1 aromatic rings. The number of carboxylic acid groups (broad SMARTS) is 1. The van der Waals surface area contributed by atoms with Gasteiger partial charge in [-0.15, -0.1) is 0 Å². The van der Waals surface area contributed by atoms with Crippen molar-refractivity contribution in [2.24, 2.45) is 5.16 Å². The van der Waals surface area contributed by atoms with Crippen LogP contribution >= 0.6 is 0 Å². The van der Waals surface area contributed by atoms with Crippen LogP contribution in [-0.2, 0) is 9.63 Å². The van der Waals surface area contributed by atoms with Gasteiger partial charge in [0, 0.05) is 0 Å². The van der Waals surface area contributed by atoms with Crippen LogP contribution in [0.4, 0.5) is 0 Å². The van der Waals surface area contributed by atoms with Crippen LogP contribution in [0.3, 0.4) is 0 Å². The summed E-state index contributed by atoms with van der Waals surface area (Å²) < 4.78 is 5.09. The topological polar surface area (TPSA) is 72.0 Å². The highest BCUT2D eigenvalue weighted by molar-refractivity contribution is 5.97. The van der Waals surface area contributed by atoms with E-state index >= 15 is 0 Å². The third-order valence-electron chi connectivity index (χ3n) is 1.50. The number of carboxylic acids is 1. The summed E-state index contributed by atoms with van der Waals surface area (Å²) in [5.41, 5.74) is 0.594. The van der Waals surface area contributed by atoms with Crippen molar-refractivity contribution in [3.63, 3.8) is 0 Å². The normalized spacial score (nSPS) is 11.4. The first-order valence-corrected chi connectivity index (χ1v) is 4.18. The van der Waals surface area contributed by atoms with Crippen molar-refractivity contribution in [1.29, 1.82) is 0 Å². The summed E-state index contributed by atoms with van der Waals surface area (Å²) in [5.74, 6) is -0.457. The van der Waals surface area contributed by atoms with Crippen molar-refractivity contribution in [3.05, 3.63) is 24.2 Å². The molecule has 5 nitrogen and oxygen atoms in total. The number of hydrogen-bond acceptors (Lipinski definition) is 4. The van der Waals surface area contributed by atoms with Gasteiger partial charge in [-0.3, -0.25) is 0 Å². The monoisotopic (exact) mass is 197 g/mol. The molecule has 0 amide bonds. The minimum atomic E-state index is -1.05. The van der Waals surface area contributed by atoms with Gasteiger partial charge in [-0.2, -0.15) is 0 Å². The molecule has 14 heavy (non-hydrogen) atoms. The van der Waals surface area contributed by atoms with Gasteiger partial charge in [-0.05, 0) is 18.6 Å². The van der Waals surface area contributed by atoms with E-state index in [2.05, 4.69) is 9.99 Å². The Kier molecular flexibility index (Phi) is 3.72. The van der Waals surface area contributed by atoms with Gasteiger partial charge in [-0.25, -0.2) is 4.79 Å². The number of hydrogen-bond donors (Lipinski definition) is 1. The molecule has 0 aromatic carbocycles. The Morgan fingerprint density at radius 3 is 3.00 bits per heavy atom. The minimum absolute atomic E-state index is 0.440. The average molecular weight is 197 g/mol. The Morgan fingerprint density at radius 2 is 2.50 bits per heavy atom. The van der Waals surface area contributed by atoms with Crippen LogP contribution in [0.1, 0.15) is 19.1 Å². The Labute approximate surface area is 81.0 Å². The zero-order valence-electron chi connectivity index (χ0n) is 7.77. The third kappa shape index (κ3) is 2.93. The van der Waals surface area contributed by atoms with Crippen LogP contribution in [-0.4, -0.2) is 23.4 Å². The van der Waals surface area contributed by atoms with Gasteiger partial charge < -0.3 is 14.4 Å². The predicted molar refractivity (Wildman–Crippen MR) is 49.1 cm³/mol. The second-order valence-corrected chi connectivity index (χ2v) is 2.54. The van der Waals surface area contributed by atoms with Gasteiger partial charge >= 0.3 is 5.97 Å². The zero-order chi connectivity index (χ0) is 10.4. The molecule has 1 N–H and O–H groups in total. The Bertz CT molecular complexity index is 316. The highest BCUT2D eigenvalue weighted by Gasteiger charge is 2.05. The molecule has 0 aliphatic heterocycles. The maximum absolute atomic E-state index is 10.1. The van der Waals surface area contributed by atoms with Crippen LogP contribution in [0, 0.1) is 0 Å². The molecule has 0 saturated carbocycles. The second-order valence-electron chi connectivity index (χ2n) is 2.54. The molecular weight excluding hydrogens is 186 g/mol. The summed E-state index contributed by atoms with van der Waals surface area (Å²) in [4.78, 5) is 14.7. The molecule has 0 aliphatic rings. The molecule has 1 rings (SSSR count). The van der Waals surface area contributed by atoms with Crippen molar-refractivity contribution in [2.75, 3.05) is 6.61 Å². The first-order chi connectivity index (χ1) is 6.74. The maximum Gasteiger partial charge on any atom is 0.344 e. The summed E-state index contributed by atoms with van der Waals surface area (Å²) in [6.07, 6.45) is 2.14. The van der Waals surface area contributed by atoms with Crippen LogP contribution < -0.4 is 0 Å². The lowest BCUT2D eigenvalue weighted by Gasteiger charge is -1.98. The molecule has 0 bridgehead atoms. The van der Waals surface area contributed by atoms with E-state index in [4.69, 9.17) is 9.52 Å². The molecule has 0 aliphatic carbocycles. The zero-order valence-corrected chi connectivity index (χ0v) is 7.77. The van der Waals surface area contributed by atoms with E-state index in [9.17, 15) is 4.79 Å². The second kappa shape index (κ2) is 5.06. The third-order valence-corrected chi connectivity index (χ3v) is 1.50. The minimum Gasteiger partial charge on any atom is -0.479 e. The highest BCUT2D eigenvalue weighted by atomic mass is 16.6. The van der Waals surface area contributed by atoms with Crippen LogP contribution in [0.15, 0.2) is 28.0 Å². The van der Waals surface area contributed by atoms with Gasteiger partial charge in [0.15, 0.2) is 5.76 Å². The van der Waals surface area contributed by atoms with Gasteiger partial charge in [0.05, 0.1) is 6.26 Å². The number of aliphatic carboxylic acids is 1. The molecule has 76 valence electrons. The van der Waals surface area contributed by atoms with Crippen LogP contribution in [0.2, 0.25) is 0 Å². The molecular formula is C9H11NO4. The first kappa shape index (κ1) is 10.3. The Hall–Kier alpha value is -1.78. The number of carbonyl (C=O) groups is 1. The van der Waals surface area contributed by atoms with Crippen molar-refractivity contribution >= 4 is 11.7 Å². The SMILES string of the molecule is CCC(=NOCC(=O)O)c1ccco1. The Morgan fingerprint density at radius 1 is 1.71 bits per heavy atom. The predicted octanol–water partition coefficient (Wildman–Crippen LogP) is 1.49. The smallest absolute Gasteiger partial charge is 0.344 e. The quantitative estimate of drug-likeness (QED) is 0.573. The van der Waals surface area contributed by atoms with Gasteiger partial charge in [0.1, 0.15) is 5.71 Å². The van der Waals surface area contributed by atoms with Crippen LogP contribution in [0.5, 0.6) is 0 Å². The molecule has 1 aromatic heterocycles. The molecule has 0 spiro atoms. The van der Waals surface area contributed by atoms with Crippen molar-refractivity contribution in [2.45, 2.75) is 13.3 Å². The molecule has 5 heteroatoms. The molecule has 0 atom stereocenters. The summed E-state index contributed by atoms with van der Waals surface area (Å²) in [6, 6.07) is 3.48. The van der Waals surface area contributed by atoms with Crippen molar-refractivity contribution in [3.8, 4) is 0 Å². The van der Waals surface area contributed by atoms with E-state index in [1.807, 2.05) is 6.92 Å². The molecule has 0 unspecified atom stereocenters. The maximum atomic E-state index is 10.1. The van der Waals surface area contributed by atoms with Gasteiger partial charge in [0.2, 0.25) is 6.61 Å². The number of rotatable bonds is 5. The van der Waals surface area contributed by atoms with Crippen LogP contribution in [0.25, 0.3) is 0 Å². The van der Waals surface area contributed by atoms with Crippen molar-refractivity contribution < 1.29 is 19.2 Å². The fourth-order valence-electron chi connectivity index (χ4n) is 0.892. The lowest BCUT2D eigenvalue weighted by molar-refractivity contribution is -0.142. The highest BCUT2D eigenvalue weighted by Crippen LogP contribution is 2.05. The average Bonchev–Trinajstić information content (AvgIpc) is 2.64. The summed E-state index contributed by atoms with van der Waals surface area (Å²) in [7, 11) is 0. The largest absolute Gasteiger partial charge is 0.479 e. The molecule has 0 radical (unpaired) electrons. The first-order valence-electron chi connectivity index (χ1n) is 4.18. The standard InChI is InChI=1S/C9H11NO4/c1-2-7(8-4-3-5-13-8)10-14-6-9(11)12/h3-5H,2,6H2,1H3,(H,11,12). The van der Waals surface area contributed by atoms with E-state index < -0.39 is 12.6 Å². The van der Waals surface area contributed by atoms with E-state index in [1.54, 1.807) is 12.1 Å².